The highest BCUT2D eigenvalue weighted by Gasteiger charge is 1.73. The first kappa shape index (κ1) is 7.66. The molecule has 9 heavy (non-hydrogen) atoms. The molecule has 2 N–H and O–H groups in total. The molecule has 0 amide bonds. The quantitative estimate of drug-likeness (QED) is 0.427. The smallest absolute Gasteiger partial charge is 0.0270 e. The highest BCUT2D eigenvalue weighted by Crippen LogP contribution is 1.92. The Kier molecular flexibility index (Phi) is 3.09. The van der Waals surface area contributed by atoms with Crippen molar-refractivity contribution in [1.29, 1.82) is 5.41 Å². The summed E-state index contributed by atoms with van der Waals surface area (Å²) < 4.78 is 0. The molecule has 3 nitrogen and oxygen atoms in total. The second-order valence-corrected chi connectivity index (χ2v) is 1.56. The van der Waals surface area contributed by atoms with Gasteiger partial charge in [0.1, 0.15) is 0 Å². The Bertz CT molecular complexity index is 184. The molecule has 3 heteroatoms. The maximum Gasteiger partial charge on any atom is 0.0270 e. The van der Waals surface area contributed by atoms with Gasteiger partial charge in [-0.3, -0.25) is 5.87 Å². The van der Waals surface area contributed by atoms with Crippen LogP contribution < -0.4 is 0 Å². The molecule has 0 aromatic heterocycles. The van der Waals surface area contributed by atoms with Gasteiger partial charge >= 0.3 is 0 Å². The normalized spacial score (nSPS) is 10.1. The summed E-state index contributed by atoms with van der Waals surface area (Å²) in [7, 11) is 0. The largest absolute Gasteiger partial charge is 0.763 e. The Balaban J connectivity index is 4.16. The van der Waals surface area contributed by atoms with E-state index >= 15 is 0 Å². The molecule has 0 bridgehead atoms. The van der Waals surface area contributed by atoms with Crippen molar-refractivity contribution < 1.29 is 0 Å². The van der Waals surface area contributed by atoms with Crippen molar-refractivity contribution >= 4 is 11.6 Å². The van der Waals surface area contributed by atoms with E-state index in [2.05, 4.69) is 0 Å². The molecule has 0 atom stereocenters. The van der Waals surface area contributed by atoms with E-state index in [1.807, 2.05) is 0 Å². The van der Waals surface area contributed by atoms with Crippen LogP contribution in [0.3, 0.4) is 0 Å². The second kappa shape index (κ2) is 3.64. The van der Waals surface area contributed by atoms with Gasteiger partial charge in [0.25, 0.3) is 0 Å². The molecule has 0 saturated heterocycles. The maximum absolute atomic E-state index is 8.01. The van der Waals surface area contributed by atoms with Crippen LogP contribution in [0.25, 0.3) is 11.1 Å². The van der Waals surface area contributed by atoms with Gasteiger partial charge in [-0.2, -0.15) is 0 Å². The van der Waals surface area contributed by atoms with Crippen LogP contribution in [0.2, 0.25) is 0 Å². The summed E-state index contributed by atoms with van der Waals surface area (Å²) >= 11 is 0. The number of rotatable bonds is 2. The van der Waals surface area contributed by atoms with Crippen LogP contribution in [0.15, 0.2) is 17.8 Å². The van der Waals surface area contributed by atoms with Crippen LogP contribution in [0.5, 0.6) is 0 Å². The predicted molar refractivity (Wildman–Crippen MR) is 38.7 cm³/mol. The number of hydrogen-bond acceptors (Lipinski definition) is 1. The zero-order chi connectivity index (χ0) is 7.28. The second-order valence-electron chi connectivity index (χ2n) is 1.56. The molecule has 48 valence electrons. The lowest BCUT2D eigenvalue weighted by Crippen LogP contribution is -1.80. The summed E-state index contributed by atoms with van der Waals surface area (Å²) in [4.78, 5) is 0. The Hall–Kier alpha value is -1.34. The zero-order valence-electron chi connectivity index (χ0n) is 5.10. The fraction of sp³-hybridized carbons (Fsp3) is 0.167. The number of allylic oxidation sites excluding steroid dienone is 2. The van der Waals surface area contributed by atoms with Crippen molar-refractivity contribution in [3.63, 3.8) is 0 Å². The molecule has 0 aliphatic carbocycles. The van der Waals surface area contributed by atoms with E-state index in [0.717, 1.165) is 6.08 Å². The zero-order valence-corrected chi connectivity index (χ0v) is 5.10. The van der Waals surface area contributed by atoms with Crippen LogP contribution in [0.4, 0.5) is 0 Å². The molecule has 0 aliphatic rings. The van der Waals surface area contributed by atoms with Crippen molar-refractivity contribution in [1.82, 2.24) is 0 Å². The maximum atomic E-state index is 8.01. The van der Waals surface area contributed by atoms with E-state index in [1.54, 1.807) is 12.8 Å². The van der Waals surface area contributed by atoms with Crippen molar-refractivity contribution in [3.8, 4) is 0 Å². The number of hydrogen-bond donors (Lipinski definition) is 1. The Morgan fingerprint density at radius 3 is 2.67 bits per heavy atom. The molecule has 0 aromatic carbocycles. The van der Waals surface area contributed by atoms with E-state index in [1.165, 1.54) is 6.08 Å². The Morgan fingerprint density at radius 2 is 2.33 bits per heavy atom. The first-order valence-corrected chi connectivity index (χ1v) is 2.38. The van der Waals surface area contributed by atoms with Gasteiger partial charge in [-0.25, -0.2) is 0 Å². The van der Waals surface area contributed by atoms with Gasteiger partial charge in [0.05, 0.1) is 0 Å². The van der Waals surface area contributed by atoms with E-state index in [0.29, 0.717) is 0 Å². The lowest BCUT2D eigenvalue weighted by atomic mass is 10.3. The topological polar surface area (TPSA) is 70.0 Å². The van der Waals surface area contributed by atoms with E-state index in [-0.39, 0.29) is 11.4 Å². The summed E-state index contributed by atoms with van der Waals surface area (Å²) in [6, 6.07) is 0. The van der Waals surface area contributed by atoms with Gasteiger partial charge in [0.2, 0.25) is 0 Å². The molecular weight excluding hydrogens is 114 g/mol. The van der Waals surface area contributed by atoms with Gasteiger partial charge in [-0.15, -0.1) is 5.70 Å². The predicted octanol–water partition coefficient (Wildman–Crippen LogP) is 1.76. The molecule has 0 spiro atoms. The minimum atomic E-state index is 0.0741. The SMILES string of the molecule is CC(=N)/C=C(\[NH-])C=C=[N-]. The van der Waals surface area contributed by atoms with Crippen LogP contribution in [0.1, 0.15) is 6.92 Å². The number of nitrogens with one attached hydrogen (secondary N) is 2. The summed E-state index contributed by atoms with van der Waals surface area (Å²) in [5.41, 5.74) is 7.30. The van der Waals surface area contributed by atoms with Crippen molar-refractivity contribution in [3.05, 3.63) is 29.0 Å². The Labute approximate surface area is 53.9 Å². The molecule has 0 saturated carbocycles. The first-order valence-electron chi connectivity index (χ1n) is 2.38. The number of nitrogens with zero attached hydrogens (tertiary/aromatic N) is 1. The van der Waals surface area contributed by atoms with Gasteiger partial charge in [-0.05, 0) is 6.92 Å². The molecule has 0 aliphatic heterocycles. The molecule has 0 unspecified atom stereocenters. The molecule has 0 fully saturated rings. The fourth-order valence-electron chi connectivity index (χ4n) is 0.344. The minimum absolute atomic E-state index is 0.0741. The third kappa shape index (κ3) is 4.51. The molecule has 0 rings (SSSR count). The average Bonchev–Trinajstić information content (AvgIpc) is 1.63. The summed E-state index contributed by atoms with van der Waals surface area (Å²) in [5, 5.41) is 14.9. The van der Waals surface area contributed by atoms with Crippen molar-refractivity contribution in [2.75, 3.05) is 0 Å². The summed E-state index contributed by atoms with van der Waals surface area (Å²) in [6.45, 7) is 1.56. The molecule has 0 aromatic rings. The van der Waals surface area contributed by atoms with Crippen molar-refractivity contribution in [2.45, 2.75) is 6.92 Å². The van der Waals surface area contributed by atoms with Crippen LogP contribution in [-0.2, 0) is 0 Å². The highest BCUT2D eigenvalue weighted by molar-refractivity contribution is 5.91. The van der Waals surface area contributed by atoms with Crippen LogP contribution >= 0.6 is 0 Å². The van der Waals surface area contributed by atoms with Gasteiger partial charge in [0, 0.05) is 5.71 Å². The average molecular weight is 121 g/mol. The van der Waals surface area contributed by atoms with E-state index in [4.69, 9.17) is 16.6 Å². The molecule has 0 heterocycles. The van der Waals surface area contributed by atoms with Gasteiger partial charge < -0.3 is 16.6 Å². The first-order chi connectivity index (χ1) is 4.16. The monoisotopic (exact) mass is 121 g/mol. The summed E-state index contributed by atoms with van der Waals surface area (Å²) in [6.07, 6.45) is 2.39. The molecular formula is C6H7N3-2. The third-order valence-corrected chi connectivity index (χ3v) is 0.592. The van der Waals surface area contributed by atoms with Crippen LogP contribution in [-0.4, -0.2) is 11.6 Å². The lowest BCUT2D eigenvalue weighted by molar-refractivity contribution is 1.49. The van der Waals surface area contributed by atoms with Crippen LogP contribution in [0, 0.1) is 5.41 Å². The fourth-order valence-corrected chi connectivity index (χ4v) is 0.344. The highest BCUT2D eigenvalue weighted by atomic mass is 14.6. The standard InChI is InChI=1S/C6H7N3/c1-5(8)4-6(9)2-3-7/h2,4,8-9H,1H3/q-2/b6-4-,8-5?. The molecule has 0 radical (unpaired) electrons. The van der Waals surface area contributed by atoms with Crippen molar-refractivity contribution in [2.24, 2.45) is 0 Å². The third-order valence-electron chi connectivity index (χ3n) is 0.592. The summed E-state index contributed by atoms with van der Waals surface area (Å²) in [5.74, 6) is 1.70. The van der Waals surface area contributed by atoms with Gasteiger partial charge in [-0.1, -0.05) is 12.2 Å². The van der Waals surface area contributed by atoms with Gasteiger partial charge in [0.15, 0.2) is 0 Å². The lowest BCUT2D eigenvalue weighted by Gasteiger charge is -1.99. The minimum Gasteiger partial charge on any atom is -0.763 e. The van der Waals surface area contributed by atoms with E-state index in [9.17, 15) is 0 Å². The van der Waals surface area contributed by atoms with E-state index < -0.39 is 0 Å². The Morgan fingerprint density at radius 1 is 1.78 bits per heavy atom.